The number of likely N-dealkylation sites (N-methyl/N-ethyl adjacent to an activating group) is 1. The molecule has 0 atom stereocenters. The van der Waals surface area contributed by atoms with Crippen LogP contribution in [0, 0.1) is 0 Å². The average Bonchev–Trinajstić information content (AvgIpc) is 2.86. The summed E-state index contributed by atoms with van der Waals surface area (Å²) in [6.45, 7) is 5.11. The van der Waals surface area contributed by atoms with Crippen LogP contribution in [0.1, 0.15) is 17.3 Å². The lowest BCUT2D eigenvalue weighted by atomic mass is 10.1. The molecule has 35 heavy (non-hydrogen) atoms. The van der Waals surface area contributed by atoms with E-state index < -0.39 is 10.0 Å². The Morgan fingerprint density at radius 2 is 1.57 bits per heavy atom. The van der Waals surface area contributed by atoms with E-state index in [9.17, 15) is 13.2 Å². The molecule has 1 amide bonds. The van der Waals surface area contributed by atoms with Crippen molar-refractivity contribution in [2.75, 3.05) is 50.0 Å². The summed E-state index contributed by atoms with van der Waals surface area (Å²) < 4.78 is 34.3. The fraction of sp³-hybridized carbons (Fsp3) is 0.269. The van der Waals surface area contributed by atoms with Gasteiger partial charge in [0, 0.05) is 44.0 Å². The van der Waals surface area contributed by atoms with Gasteiger partial charge in [-0.05, 0) is 61.6 Å². The van der Waals surface area contributed by atoms with Crippen molar-refractivity contribution in [3.8, 4) is 11.5 Å². The van der Waals surface area contributed by atoms with Gasteiger partial charge in [0.1, 0.15) is 16.4 Å². The maximum absolute atomic E-state index is 13.0. The largest absolute Gasteiger partial charge is 0.457 e. The van der Waals surface area contributed by atoms with Crippen LogP contribution in [0.4, 0.5) is 11.4 Å². The lowest BCUT2D eigenvalue weighted by molar-refractivity contribution is 0.102. The maximum atomic E-state index is 13.0. The first-order valence-electron chi connectivity index (χ1n) is 11.6. The number of ether oxygens (including phenoxy) is 1. The number of piperazine rings is 1. The van der Waals surface area contributed by atoms with Crippen molar-refractivity contribution < 1.29 is 17.9 Å². The third-order valence-electron chi connectivity index (χ3n) is 5.78. The van der Waals surface area contributed by atoms with Gasteiger partial charge in [0.15, 0.2) is 0 Å². The number of rotatable bonds is 8. The van der Waals surface area contributed by atoms with Crippen LogP contribution in [0.15, 0.2) is 77.7 Å². The zero-order chi connectivity index (χ0) is 24.8. The summed E-state index contributed by atoms with van der Waals surface area (Å²) in [5, 5.41) is 2.83. The molecule has 1 aliphatic heterocycles. The number of benzene rings is 3. The van der Waals surface area contributed by atoms with Gasteiger partial charge in [0.2, 0.25) is 10.0 Å². The van der Waals surface area contributed by atoms with Crippen LogP contribution in [-0.4, -0.2) is 59.0 Å². The Hall–Kier alpha value is -3.40. The number of para-hydroxylation sites is 1. The van der Waals surface area contributed by atoms with E-state index in [2.05, 4.69) is 19.8 Å². The number of anilines is 2. The predicted molar refractivity (Wildman–Crippen MR) is 138 cm³/mol. The topological polar surface area (TPSA) is 91.0 Å². The van der Waals surface area contributed by atoms with Crippen LogP contribution in [0.2, 0.25) is 0 Å². The molecule has 3 aromatic carbocycles. The Balaban J connectivity index is 1.53. The van der Waals surface area contributed by atoms with E-state index >= 15 is 0 Å². The number of carbonyl (C=O) groups is 1. The normalized spacial score (nSPS) is 14.5. The highest BCUT2D eigenvalue weighted by Gasteiger charge is 2.25. The second-order valence-electron chi connectivity index (χ2n) is 8.37. The minimum absolute atomic E-state index is 0.114. The van der Waals surface area contributed by atoms with E-state index in [-0.39, 0.29) is 22.9 Å². The van der Waals surface area contributed by atoms with Gasteiger partial charge in [-0.1, -0.05) is 25.1 Å². The van der Waals surface area contributed by atoms with E-state index in [1.165, 1.54) is 6.07 Å². The quantitative estimate of drug-likeness (QED) is 0.495. The summed E-state index contributed by atoms with van der Waals surface area (Å²) in [6, 6.07) is 21.3. The van der Waals surface area contributed by atoms with E-state index in [1.807, 2.05) is 37.4 Å². The van der Waals surface area contributed by atoms with Gasteiger partial charge in [-0.25, -0.2) is 13.1 Å². The summed E-state index contributed by atoms with van der Waals surface area (Å²) in [7, 11) is -1.73. The van der Waals surface area contributed by atoms with Crippen molar-refractivity contribution in [3.05, 3.63) is 78.4 Å². The molecular weight excluding hydrogens is 464 g/mol. The van der Waals surface area contributed by atoms with Crippen molar-refractivity contribution in [2.24, 2.45) is 0 Å². The molecule has 1 saturated heterocycles. The smallest absolute Gasteiger partial charge is 0.255 e. The number of nitrogens with one attached hydrogen (secondary N) is 2. The van der Waals surface area contributed by atoms with Gasteiger partial charge in [0.05, 0.1) is 5.69 Å². The van der Waals surface area contributed by atoms with E-state index in [4.69, 9.17) is 4.74 Å². The Morgan fingerprint density at radius 1 is 0.914 bits per heavy atom. The van der Waals surface area contributed by atoms with Crippen LogP contribution >= 0.6 is 0 Å². The standard InChI is InChI=1S/C26H30N4O4S/c1-3-27-35(32,33)25-19-20(9-14-24(25)30-17-15-29(2)16-18-30)26(31)28-21-10-12-23(13-11-21)34-22-7-5-4-6-8-22/h4-14,19,27H,3,15-18H2,1-2H3,(H,28,31). The number of hydrogen-bond donors (Lipinski definition) is 2. The van der Waals surface area contributed by atoms with Crippen molar-refractivity contribution in [1.29, 1.82) is 0 Å². The highest BCUT2D eigenvalue weighted by Crippen LogP contribution is 2.28. The lowest BCUT2D eigenvalue weighted by Gasteiger charge is -2.35. The molecule has 0 saturated carbocycles. The number of nitrogens with zero attached hydrogens (tertiary/aromatic N) is 2. The predicted octanol–water partition coefficient (Wildman–Crippen LogP) is 3.78. The lowest BCUT2D eigenvalue weighted by Crippen LogP contribution is -2.45. The highest BCUT2D eigenvalue weighted by molar-refractivity contribution is 7.89. The first-order valence-corrected chi connectivity index (χ1v) is 13.1. The summed E-state index contributed by atoms with van der Waals surface area (Å²) in [4.78, 5) is 17.3. The Morgan fingerprint density at radius 3 is 2.23 bits per heavy atom. The minimum atomic E-state index is -3.77. The van der Waals surface area contributed by atoms with Crippen LogP contribution in [0.5, 0.6) is 11.5 Å². The molecule has 1 fully saturated rings. The second kappa shape index (κ2) is 10.9. The summed E-state index contributed by atoms with van der Waals surface area (Å²) in [5.74, 6) is 0.975. The van der Waals surface area contributed by atoms with Gasteiger partial charge in [-0.15, -0.1) is 0 Å². The molecule has 3 aromatic rings. The zero-order valence-electron chi connectivity index (χ0n) is 19.9. The van der Waals surface area contributed by atoms with Gasteiger partial charge < -0.3 is 19.9 Å². The molecule has 0 aromatic heterocycles. The number of sulfonamides is 1. The highest BCUT2D eigenvalue weighted by atomic mass is 32.2. The fourth-order valence-electron chi connectivity index (χ4n) is 3.88. The van der Waals surface area contributed by atoms with Gasteiger partial charge >= 0.3 is 0 Å². The van der Waals surface area contributed by atoms with E-state index in [1.54, 1.807) is 43.3 Å². The molecule has 1 aliphatic rings. The van der Waals surface area contributed by atoms with Gasteiger partial charge in [0.25, 0.3) is 5.91 Å². The van der Waals surface area contributed by atoms with Crippen molar-refractivity contribution in [1.82, 2.24) is 9.62 Å². The molecule has 9 heteroatoms. The average molecular weight is 495 g/mol. The maximum Gasteiger partial charge on any atom is 0.255 e. The third kappa shape index (κ3) is 6.19. The van der Waals surface area contributed by atoms with Crippen molar-refractivity contribution in [2.45, 2.75) is 11.8 Å². The molecule has 0 unspecified atom stereocenters. The molecule has 2 N–H and O–H groups in total. The fourth-order valence-corrected chi connectivity index (χ4v) is 5.17. The van der Waals surface area contributed by atoms with Crippen molar-refractivity contribution in [3.63, 3.8) is 0 Å². The summed E-state index contributed by atoms with van der Waals surface area (Å²) in [5.41, 5.74) is 1.46. The van der Waals surface area contributed by atoms with Crippen molar-refractivity contribution >= 4 is 27.3 Å². The van der Waals surface area contributed by atoms with E-state index in [0.717, 1.165) is 18.8 Å². The zero-order valence-corrected chi connectivity index (χ0v) is 20.7. The number of amides is 1. The summed E-state index contributed by atoms with van der Waals surface area (Å²) >= 11 is 0. The third-order valence-corrected chi connectivity index (χ3v) is 7.36. The molecule has 184 valence electrons. The molecule has 0 aliphatic carbocycles. The van der Waals surface area contributed by atoms with Crippen LogP contribution in [0.3, 0.4) is 0 Å². The molecular formula is C26H30N4O4S. The Kier molecular flexibility index (Phi) is 7.70. The number of carbonyl (C=O) groups excluding carboxylic acids is 1. The SMILES string of the molecule is CCNS(=O)(=O)c1cc(C(=O)Nc2ccc(Oc3ccccc3)cc2)ccc1N1CCN(C)CC1. The number of hydrogen-bond acceptors (Lipinski definition) is 6. The van der Waals surface area contributed by atoms with E-state index in [0.29, 0.717) is 30.2 Å². The first kappa shape index (κ1) is 24.7. The first-order chi connectivity index (χ1) is 16.9. The molecule has 0 radical (unpaired) electrons. The van der Waals surface area contributed by atoms with Gasteiger partial charge in [-0.2, -0.15) is 0 Å². The monoisotopic (exact) mass is 494 g/mol. The van der Waals surface area contributed by atoms with Crippen LogP contribution in [0.25, 0.3) is 0 Å². The summed E-state index contributed by atoms with van der Waals surface area (Å²) in [6.07, 6.45) is 0. The minimum Gasteiger partial charge on any atom is -0.457 e. The Labute approximate surface area is 206 Å². The van der Waals surface area contributed by atoms with Gasteiger partial charge in [-0.3, -0.25) is 4.79 Å². The molecule has 0 spiro atoms. The second-order valence-corrected chi connectivity index (χ2v) is 10.1. The van der Waals surface area contributed by atoms with Crippen LogP contribution < -0.4 is 19.7 Å². The molecule has 0 bridgehead atoms. The molecule has 1 heterocycles. The molecule has 8 nitrogen and oxygen atoms in total. The molecule has 4 rings (SSSR count). The van der Waals surface area contributed by atoms with Crippen LogP contribution in [-0.2, 0) is 10.0 Å². The Bertz CT molecular complexity index is 1260.